The lowest BCUT2D eigenvalue weighted by Crippen LogP contribution is -2.13. The van der Waals surface area contributed by atoms with Crippen LogP contribution in [0.2, 0.25) is 0 Å². The van der Waals surface area contributed by atoms with E-state index in [9.17, 15) is 17.3 Å². The average molecular weight is 268 g/mol. The highest BCUT2D eigenvalue weighted by Crippen LogP contribution is 2.27. The van der Waals surface area contributed by atoms with Crippen molar-refractivity contribution >= 4 is 18.6 Å². The molecule has 0 spiro atoms. The maximum absolute atomic E-state index is 9.75. The van der Waals surface area contributed by atoms with Crippen LogP contribution in [0.1, 0.15) is 38.8 Å². The monoisotopic (exact) mass is 268 g/mol. The molecule has 0 aliphatic rings. The Morgan fingerprint density at radius 3 is 2.00 bits per heavy atom. The second kappa shape index (κ2) is 6.33. The van der Waals surface area contributed by atoms with E-state index >= 15 is 0 Å². The first-order chi connectivity index (χ1) is 7.55. The number of aryl methyl sites for hydroxylation is 1. The van der Waals surface area contributed by atoms with Gasteiger partial charge in [0.15, 0.2) is 0 Å². The van der Waals surface area contributed by atoms with E-state index in [1.165, 1.54) is 11.1 Å². The van der Waals surface area contributed by atoms with E-state index < -0.39 is 7.25 Å². The highest BCUT2D eigenvalue weighted by Gasteiger charge is 2.22. The third-order valence-corrected chi connectivity index (χ3v) is 2.73. The van der Waals surface area contributed by atoms with Crippen LogP contribution in [0.4, 0.5) is 17.3 Å². The van der Waals surface area contributed by atoms with Crippen LogP contribution in [0.25, 0.3) is 0 Å². The smallest absolute Gasteiger partial charge is 0.418 e. The summed E-state index contributed by atoms with van der Waals surface area (Å²) >= 11 is 1.79. The largest absolute Gasteiger partial charge is 0.673 e. The molecule has 0 aromatic carbocycles. The number of rotatable bonds is 1. The third kappa shape index (κ3) is 8.13. The molecule has 0 aliphatic heterocycles. The SMILES string of the molecule is CCc1ccs[cH+]c1C(C)(C)C.F[B-](F)(F)F. The standard InChI is InChI=1S/C11H17S.BF4/c1-5-9-6-7-12-8-10(9)11(2,3)4;2-1(3,4)5/h6-8H,5H2,1-4H3;/q+1;-1. The molecule has 1 aromatic heterocycles. The van der Waals surface area contributed by atoms with E-state index in [1.807, 2.05) is 0 Å². The van der Waals surface area contributed by atoms with Crippen LogP contribution in [-0.4, -0.2) is 7.25 Å². The summed E-state index contributed by atoms with van der Waals surface area (Å²) in [4.78, 5) is 0. The summed E-state index contributed by atoms with van der Waals surface area (Å²) < 4.78 is 39.0. The Morgan fingerprint density at radius 1 is 1.24 bits per heavy atom. The summed E-state index contributed by atoms with van der Waals surface area (Å²) in [5.74, 6) is 0. The van der Waals surface area contributed by atoms with Crippen molar-refractivity contribution in [2.45, 2.75) is 39.5 Å². The molecule has 0 bridgehead atoms. The Labute approximate surface area is 104 Å². The minimum atomic E-state index is -6.00. The molecular weight excluding hydrogens is 251 g/mol. The first kappa shape index (κ1) is 16.4. The average Bonchev–Trinajstić information content (AvgIpc) is 2.14. The maximum Gasteiger partial charge on any atom is 0.673 e. The fourth-order valence-electron chi connectivity index (χ4n) is 1.36. The minimum absolute atomic E-state index is 0.295. The molecule has 1 aromatic rings. The van der Waals surface area contributed by atoms with Gasteiger partial charge in [0.2, 0.25) is 0 Å². The molecule has 0 aliphatic carbocycles. The van der Waals surface area contributed by atoms with Crippen molar-refractivity contribution in [2.75, 3.05) is 0 Å². The van der Waals surface area contributed by atoms with Crippen molar-refractivity contribution in [1.29, 1.82) is 0 Å². The van der Waals surface area contributed by atoms with Crippen LogP contribution in [-0.2, 0) is 11.8 Å². The molecule has 0 nitrogen and oxygen atoms in total. The summed E-state index contributed by atoms with van der Waals surface area (Å²) in [6.45, 7) is 9.03. The molecule has 0 fully saturated rings. The highest BCUT2D eigenvalue weighted by molar-refractivity contribution is 7.07. The van der Waals surface area contributed by atoms with Crippen molar-refractivity contribution in [1.82, 2.24) is 0 Å². The molecule has 0 saturated carbocycles. The Kier molecular flexibility index (Phi) is 6.09. The molecule has 0 unspecified atom stereocenters. The lowest BCUT2D eigenvalue weighted by atomic mass is 9.85. The van der Waals surface area contributed by atoms with Gasteiger partial charge in [0, 0.05) is 11.8 Å². The molecule has 0 radical (unpaired) electrons. The van der Waals surface area contributed by atoms with Gasteiger partial charge in [0.1, 0.15) is 0 Å². The van der Waals surface area contributed by atoms with Gasteiger partial charge in [0.25, 0.3) is 0 Å². The quantitative estimate of drug-likeness (QED) is 0.373. The van der Waals surface area contributed by atoms with Crippen LogP contribution in [0.5, 0.6) is 0 Å². The zero-order chi connectivity index (χ0) is 13.7. The molecule has 1 rings (SSSR count). The summed E-state index contributed by atoms with van der Waals surface area (Å²) in [6, 6.07) is 2.24. The molecule has 6 heteroatoms. The minimum Gasteiger partial charge on any atom is -0.418 e. The van der Waals surface area contributed by atoms with Gasteiger partial charge >= 0.3 is 7.25 Å². The number of hydrogen-bond acceptors (Lipinski definition) is 1. The Bertz CT molecular complexity index is 338. The van der Waals surface area contributed by atoms with Gasteiger partial charge in [-0.1, -0.05) is 20.8 Å². The third-order valence-electron chi connectivity index (χ3n) is 2.07. The summed E-state index contributed by atoms with van der Waals surface area (Å²) in [6.07, 6.45) is 1.14. The van der Waals surface area contributed by atoms with Gasteiger partial charge in [-0.2, -0.15) is 0 Å². The van der Waals surface area contributed by atoms with Crippen molar-refractivity contribution in [3.05, 3.63) is 28.0 Å². The zero-order valence-electron chi connectivity index (χ0n) is 10.4. The van der Waals surface area contributed by atoms with E-state index in [2.05, 4.69) is 44.5 Å². The molecule has 17 heavy (non-hydrogen) atoms. The van der Waals surface area contributed by atoms with Gasteiger partial charge in [-0.3, -0.25) is 0 Å². The first-order valence-electron chi connectivity index (χ1n) is 5.32. The predicted octanol–water partition coefficient (Wildman–Crippen LogP) is 5.19. The van der Waals surface area contributed by atoms with E-state index in [-0.39, 0.29) is 0 Å². The van der Waals surface area contributed by atoms with Gasteiger partial charge in [-0.15, -0.1) is 0 Å². The Balaban J connectivity index is 0.000000437. The van der Waals surface area contributed by atoms with Crippen LogP contribution in [0, 0.1) is 0 Å². The summed E-state index contributed by atoms with van der Waals surface area (Å²) in [5.41, 5.74) is 3.28. The molecule has 98 valence electrons. The lowest BCUT2D eigenvalue weighted by Gasteiger charge is -2.16. The maximum atomic E-state index is 9.75. The molecule has 0 amide bonds. The normalized spacial score (nSPS) is 11.8. The number of hydrogen-bond donors (Lipinski definition) is 0. The molecular formula is C11H17BF4S. The van der Waals surface area contributed by atoms with Crippen molar-refractivity contribution in [3.63, 3.8) is 0 Å². The molecule has 1 heterocycles. The van der Waals surface area contributed by atoms with Gasteiger partial charge < -0.3 is 17.3 Å². The second-order valence-corrected chi connectivity index (χ2v) is 5.37. The Hall–Kier alpha value is -0.645. The van der Waals surface area contributed by atoms with Gasteiger partial charge in [-0.25, -0.2) is 0 Å². The van der Waals surface area contributed by atoms with Crippen molar-refractivity contribution < 1.29 is 17.3 Å². The van der Waals surface area contributed by atoms with E-state index in [4.69, 9.17) is 0 Å². The van der Waals surface area contributed by atoms with Crippen molar-refractivity contribution in [3.8, 4) is 0 Å². The molecule has 0 saturated heterocycles. The predicted molar refractivity (Wildman–Crippen MR) is 67.0 cm³/mol. The fourth-order valence-corrected chi connectivity index (χ4v) is 2.32. The fraction of sp³-hybridized carbons (Fsp3) is 0.545. The second-order valence-electron chi connectivity index (χ2n) is 4.59. The van der Waals surface area contributed by atoms with E-state index in [1.54, 1.807) is 11.3 Å². The van der Waals surface area contributed by atoms with Crippen LogP contribution >= 0.6 is 11.3 Å². The van der Waals surface area contributed by atoms with E-state index in [0.717, 1.165) is 6.42 Å². The first-order valence-corrected chi connectivity index (χ1v) is 6.26. The highest BCUT2D eigenvalue weighted by atomic mass is 32.1. The number of halogens is 4. The summed E-state index contributed by atoms with van der Waals surface area (Å²) in [7, 11) is -6.00. The van der Waals surface area contributed by atoms with Gasteiger partial charge in [0.05, 0.1) is 28.0 Å². The topological polar surface area (TPSA) is 0 Å². The van der Waals surface area contributed by atoms with Crippen LogP contribution in [0.15, 0.2) is 16.8 Å². The molecule has 0 N–H and O–H groups in total. The summed E-state index contributed by atoms with van der Waals surface area (Å²) in [5, 5.41) is 4.44. The zero-order valence-corrected chi connectivity index (χ0v) is 11.3. The van der Waals surface area contributed by atoms with E-state index in [0.29, 0.717) is 5.41 Å². The van der Waals surface area contributed by atoms with Gasteiger partial charge in [-0.05, 0) is 18.3 Å². The Morgan fingerprint density at radius 2 is 1.71 bits per heavy atom. The van der Waals surface area contributed by atoms with Crippen LogP contribution < -0.4 is 0 Å². The van der Waals surface area contributed by atoms with Crippen LogP contribution in [0.3, 0.4) is 0 Å². The molecule has 0 atom stereocenters. The lowest BCUT2D eigenvalue weighted by molar-refractivity contribution is 0.368. The van der Waals surface area contributed by atoms with Crippen molar-refractivity contribution in [2.24, 2.45) is 0 Å².